The van der Waals surface area contributed by atoms with Crippen molar-refractivity contribution in [2.75, 3.05) is 20.9 Å². The van der Waals surface area contributed by atoms with Crippen LogP contribution in [0.15, 0.2) is 53.3 Å². The van der Waals surface area contributed by atoms with Crippen LogP contribution >= 0.6 is 0 Å². The SMILES string of the molecule is Cc1c(C(=O)N(C)C)cc(C(=O)NCc2ccc3c(c2)OCO3)c(=O)n1-c1cccc(C(F)(F)F)c1. The smallest absolute Gasteiger partial charge is 0.416 e. The van der Waals surface area contributed by atoms with Crippen LogP contribution < -0.4 is 20.3 Å². The van der Waals surface area contributed by atoms with Gasteiger partial charge in [0.1, 0.15) is 5.56 Å². The van der Waals surface area contributed by atoms with Crippen molar-refractivity contribution in [3.63, 3.8) is 0 Å². The molecule has 0 saturated carbocycles. The van der Waals surface area contributed by atoms with Gasteiger partial charge in [0.05, 0.1) is 11.1 Å². The number of halogens is 3. The van der Waals surface area contributed by atoms with E-state index in [0.717, 1.165) is 22.8 Å². The second kappa shape index (κ2) is 9.40. The number of carbonyl (C=O) groups excluding carboxylic acids is 2. The Morgan fingerprint density at radius 3 is 2.44 bits per heavy atom. The fourth-order valence-corrected chi connectivity index (χ4v) is 3.78. The quantitative estimate of drug-likeness (QED) is 0.578. The Hall–Kier alpha value is -4.28. The highest BCUT2D eigenvalue weighted by molar-refractivity contribution is 6.00. The van der Waals surface area contributed by atoms with E-state index in [-0.39, 0.29) is 35.8 Å². The number of aromatic nitrogens is 1. The molecule has 1 aliphatic rings. The van der Waals surface area contributed by atoms with E-state index >= 15 is 0 Å². The Balaban J connectivity index is 1.76. The molecule has 0 unspecified atom stereocenters. The summed E-state index contributed by atoms with van der Waals surface area (Å²) in [6.45, 7) is 1.56. The van der Waals surface area contributed by atoms with Crippen LogP contribution in [0.2, 0.25) is 0 Å². The molecule has 1 aliphatic heterocycles. The number of fused-ring (bicyclic) bond motifs is 1. The molecule has 11 heteroatoms. The van der Waals surface area contributed by atoms with Crippen molar-refractivity contribution in [3.8, 4) is 17.2 Å². The molecule has 1 N–H and O–H groups in total. The summed E-state index contributed by atoms with van der Waals surface area (Å²) >= 11 is 0. The molecule has 8 nitrogen and oxygen atoms in total. The number of nitrogens with zero attached hydrogens (tertiary/aromatic N) is 2. The van der Waals surface area contributed by atoms with Gasteiger partial charge in [0.25, 0.3) is 17.4 Å². The van der Waals surface area contributed by atoms with Crippen molar-refractivity contribution in [1.82, 2.24) is 14.8 Å². The third-order valence-corrected chi connectivity index (χ3v) is 5.65. The van der Waals surface area contributed by atoms with E-state index < -0.39 is 29.1 Å². The van der Waals surface area contributed by atoms with Gasteiger partial charge >= 0.3 is 6.18 Å². The lowest BCUT2D eigenvalue weighted by Gasteiger charge is -2.19. The fraction of sp³-hybridized carbons (Fsp3) is 0.240. The van der Waals surface area contributed by atoms with E-state index in [2.05, 4.69) is 5.32 Å². The van der Waals surface area contributed by atoms with Gasteiger partial charge in [0.2, 0.25) is 6.79 Å². The van der Waals surface area contributed by atoms with E-state index in [1.165, 1.54) is 38.1 Å². The first-order valence-electron chi connectivity index (χ1n) is 10.8. The highest BCUT2D eigenvalue weighted by Gasteiger charge is 2.31. The van der Waals surface area contributed by atoms with Gasteiger partial charge in [0, 0.05) is 32.0 Å². The van der Waals surface area contributed by atoms with Gasteiger partial charge in [-0.05, 0) is 48.9 Å². The van der Waals surface area contributed by atoms with E-state index in [1.807, 2.05) is 0 Å². The van der Waals surface area contributed by atoms with Gasteiger partial charge in [-0.1, -0.05) is 12.1 Å². The molecule has 36 heavy (non-hydrogen) atoms. The minimum Gasteiger partial charge on any atom is -0.454 e. The zero-order valence-electron chi connectivity index (χ0n) is 19.6. The standard InChI is InChI=1S/C25H22F3N3O5/c1-14-18(23(33)30(2)3)11-19(22(32)29-12-15-7-8-20-21(9-15)36-13-35-20)24(34)31(14)17-6-4-5-16(10-17)25(26,27)28/h4-11H,12-13H2,1-3H3,(H,29,32). The molecule has 0 spiro atoms. The van der Waals surface area contributed by atoms with Crippen LogP contribution in [-0.2, 0) is 12.7 Å². The number of ether oxygens (including phenoxy) is 2. The Morgan fingerprint density at radius 2 is 1.75 bits per heavy atom. The maximum atomic E-state index is 13.4. The molecule has 2 heterocycles. The summed E-state index contributed by atoms with van der Waals surface area (Å²) in [5.74, 6) is -0.216. The van der Waals surface area contributed by atoms with Crippen molar-refractivity contribution in [2.24, 2.45) is 0 Å². The summed E-state index contributed by atoms with van der Waals surface area (Å²) in [6.07, 6.45) is -4.64. The fourth-order valence-electron chi connectivity index (χ4n) is 3.78. The van der Waals surface area contributed by atoms with E-state index in [1.54, 1.807) is 18.2 Å². The molecular weight excluding hydrogens is 479 g/mol. The Kier molecular flexibility index (Phi) is 6.49. The number of benzene rings is 2. The molecular formula is C25H22F3N3O5. The van der Waals surface area contributed by atoms with Crippen molar-refractivity contribution in [2.45, 2.75) is 19.6 Å². The average Bonchev–Trinajstić information content (AvgIpc) is 3.30. The normalized spacial score (nSPS) is 12.4. The van der Waals surface area contributed by atoms with E-state index in [4.69, 9.17) is 9.47 Å². The third-order valence-electron chi connectivity index (χ3n) is 5.65. The maximum Gasteiger partial charge on any atom is 0.416 e. The van der Waals surface area contributed by atoms with E-state index in [9.17, 15) is 27.6 Å². The number of pyridine rings is 1. The summed E-state index contributed by atoms with van der Waals surface area (Å²) in [5, 5.41) is 2.62. The molecule has 0 aliphatic carbocycles. The second-order valence-corrected chi connectivity index (χ2v) is 8.32. The van der Waals surface area contributed by atoms with Crippen molar-refractivity contribution < 1.29 is 32.2 Å². The lowest BCUT2D eigenvalue weighted by atomic mass is 10.1. The lowest BCUT2D eigenvalue weighted by molar-refractivity contribution is -0.137. The highest BCUT2D eigenvalue weighted by atomic mass is 19.4. The van der Waals surface area contributed by atoms with Crippen molar-refractivity contribution in [3.05, 3.63) is 86.8 Å². The van der Waals surface area contributed by atoms with Gasteiger partial charge in [0.15, 0.2) is 11.5 Å². The summed E-state index contributed by atoms with van der Waals surface area (Å²) in [4.78, 5) is 40.5. The van der Waals surface area contributed by atoms with E-state index in [0.29, 0.717) is 17.1 Å². The number of hydrogen-bond donors (Lipinski definition) is 1. The summed E-state index contributed by atoms with van der Waals surface area (Å²) in [7, 11) is 2.97. The molecule has 0 atom stereocenters. The van der Waals surface area contributed by atoms with Crippen molar-refractivity contribution in [1.29, 1.82) is 0 Å². The number of alkyl halides is 3. The molecule has 2 aromatic carbocycles. The predicted molar refractivity (Wildman–Crippen MR) is 124 cm³/mol. The topological polar surface area (TPSA) is 89.9 Å². The number of hydrogen-bond acceptors (Lipinski definition) is 5. The molecule has 0 bridgehead atoms. The largest absolute Gasteiger partial charge is 0.454 e. The first-order chi connectivity index (χ1) is 17.0. The number of nitrogens with one attached hydrogen (secondary N) is 1. The van der Waals surface area contributed by atoms with Crippen LogP contribution in [0.4, 0.5) is 13.2 Å². The maximum absolute atomic E-state index is 13.4. The average molecular weight is 501 g/mol. The summed E-state index contributed by atoms with van der Waals surface area (Å²) in [5.41, 5.74) is -1.55. The van der Waals surface area contributed by atoms with Crippen LogP contribution in [0.3, 0.4) is 0 Å². The summed E-state index contributed by atoms with van der Waals surface area (Å²) in [6, 6.07) is 10.4. The second-order valence-electron chi connectivity index (χ2n) is 8.32. The molecule has 0 radical (unpaired) electrons. The van der Waals surface area contributed by atoms with Crippen LogP contribution in [0.5, 0.6) is 11.5 Å². The molecule has 0 saturated heterocycles. The van der Waals surface area contributed by atoms with Crippen LogP contribution in [-0.4, -0.2) is 42.2 Å². The zero-order valence-corrected chi connectivity index (χ0v) is 19.6. The Bertz CT molecular complexity index is 1410. The van der Waals surface area contributed by atoms with Crippen LogP contribution in [0.25, 0.3) is 5.69 Å². The number of carbonyl (C=O) groups is 2. The predicted octanol–water partition coefficient (Wildman–Crippen LogP) is 3.53. The first-order valence-corrected chi connectivity index (χ1v) is 10.8. The first kappa shape index (κ1) is 24.8. The Labute approximate surface area is 203 Å². The number of amides is 2. The molecule has 0 fully saturated rings. The highest BCUT2D eigenvalue weighted by Crippen LogP contribution is 2.32. The van der Waals surface area contributed by atoms with Gasteiger partial charge in [-0.25, -0.2) is 0 Å². The summed E-state index contributed by atoms with van der Waals surface area (Å²) < 4.78 is 51.5. The van der Waals surface area contributed by atoms with Gasteiger partial charge in [-0.15, -0.1) is 0 Å². The molecule has 1 aromatic heterocycles. The van der Waals surface area contributed by atoms with Crippen LogP contribution in [0.1, 0.15) is 37.5 Å². The van der Waals surface area contributed by atoms with Gasteiger partial charge in [-0.2, -0.15) is 13.2 Å². The molecule has 188 valence electrons. The van der Waals surface area contributed by atoms with Crippen molar-refractivity contribution >= 4 is 11.8 Å². The lowest BCUT2D eigenvalue weighted by Crippen LogP contribution is -2.35. The third kappa shape index (κ3) is 4.77. The van der Waals surface area contributed by atoms with Gasteiger partial charge in [-0.3, -0.25) is 19.0 Å². The molecule has 2 amide bonds. The minimum atomic E-state index is -4.64. The monoisotopic (exact) mass is 501 g/mol. The zero-order chi connectivity index (χ0) is 26.2. The van der Waals surface area contributed by atoms with Gasteiger partial charge < -0.3 is 19.7 Å². The Morgan fingerprint density at radius 1 is 1.03 bits per heavy atom. The minimum absolute atomic E-state index is 0.00485. The number of rotatable bonds is 5. The molecule has 4 rings (SSSR count). The molecule has 3 aromatic rings. The van der Waals surface area contributed by atoms with Crippen LogP contribution in [0, 0.1) is 6.92 Å².